The van der Waals surface area contributed by atoms with Gasteiger partial charge in [-0.1, -0.05) is 13.3 Å². The molecule has 4 nitrogen and oxygen atoms in total. The predicted octanol–water partition coefficient (Wildman–Crippen LogP) is 3.08. The first-order valence-electron chi connectivity index (χ1n) is 4.53. The zero-order valence-electron chi connectivity index (χ0n) is 8.20. The number of nitrogens with zero attached hydrogens (tertiary/aromatic N) is 1. The molecule has 80 valence electrons. The third kappa shape index (κ3) is 2.86. The highest BCUT2D eigenvalue weighted by atomic mass is 79.9. The fraction of sp³-hybridized carbons (Fsp3) is 0.300. The summed E-state index contributed by atoms with van der Waals surface area (Å²) in [5.41, 5.74) is 1.24. The molecule has 15 heavy (non-hydrogen) atoms. The molecule has 1 aromatic rings. The monoisotopic (exact) mass is 271 g/mol. The van der Waals surface area contributed by atoms with Gasteiger partial charge in [-0.3, -0.25) is 14.9 Å². The second-order valence-electron chi connectivity index (χ2n) is 3.12. The molecular formula is C10H10BrNO3. The summed E-state index contributed by atoms with van der Waals surface area (Å²) in [5.74, 6) is 0. The largest absolute Gasteiger partial charge is 0.281 e. The number of carbonyl (C=O) groups is 1. The number of rotatable bonds is 4. The van der Waals surface area contributed by atoms with Crippen LogP contribution in [0.2, 0.25) is 0 Å². The Morgan fingerprint density at radius 3 is 2.67 bits per heavy atom. The van der Waals surface area contributed by atoms with Crippen molar-refractivity contribution in [1.82, 2.24) is 0 Å². The Hall–Kier alpha value is -1.23. The van der Waals surface area contributed by atoms with E-state index in [2.05, 4.69) is 15.9 Å². The summed E-state index contributed by atoms with van der Waals surface area (Å²) in [6.07, 6.45) is 1.50. The third-order valence-electron chi connectivity index (χ3n) is 2.03. The van der Waals surface area contributed by atoms with Gasteiger partial charge in [0.2, 0.25) is 4.69 Å². The number of carbonyl (C=O) groups excluding carboxylic acids is 1. The molecule has 0 saturated carbocycles. The van der Waals surface area contributed by atoms with E-state index in [4.69, 9.17) is 0 Å². The lowest BCUT2D eigenvalue weighted by Gasteiger charge is -2.04. The number of hydrogen-bond acceptors (Lipinski definition) is 3. The Bertz CT molecular complexity index is 404. The molecule has 5 heteroatoms. The van der Waals surface area contributed by atoms with Crippen molar-refractivity contribution in [3.05, 3.63) is 39.4 Å². The molecule has 0 heterocycles. The molecule has 0 spiro atoms. The zero-order chi connectivity index (χ0) is 11.4. The lowest BCUT2D eigenvalue weighted by Crippen LogP contribution is -1.99. The van der Waals surface area contributed by atoms with Gasteiger partial charge in [0, 0.05) is 17.7 Å². The number of halogens is 1. The van der Waals surface area contributed by atoms with Gasteiger partial charge in [-0.25, -0.2) is 0 Å². The molecule has 0 atom stereocenters. The van der Waals surface area contributed by atoms with Crippen molar-refractivity contribution in [1.29, 1.82) is 0 Å². The first kappa shape index (κ1) is 11.8. The van der Waals surface area contributed by atoms with Crippen molar-refractivity contribution in [2.24, 2.45) is 0 Å². The van der Waals surface area contributed by atoms with Gasteiger partial charge in [-0.15, -0.1) is 0 Å². The molecule has 0 bridgehead atoms. The highest BCUT2D eigenvalue weighted by Gasteiger charge is 2.13. The summed E-state index contributed by atoms with van der Waals surface area (Å²) in [6, 6.07) is 4.28. The molecule has 0 fully saturated rings. The predicted molar refractivity (Wildman–Crippen MR) is 60.3 cm³/mol. The maximum Gasteiger partial charge on any atom is 0.269 e. The molecule has 0 N–H and O–H groups in total. The lowest BCUT2D eigenvalue weighted by molar-refractivity contribution is -0.384. The van der Waals surface area contributed by atoms with Crippen LogP contribution in [0, 0.1) is 10.1 Å². The number of aryl methyl sites for hydroxylation is 1. The molecule has 0 aliphatic carbocycles. The van der Waals surface area contributed by atoms with E-state index >= 15 is 0 Å². The Morgan fingerprint density at radius 2 is 2.20 bits per heavy atom. The zero-order valence-corrected chi connectivity index (χ0v) is 9.78. The van der Waals surface area contributed by atoms with Gasteiger partial charge in [0.25, 0.3) is 5.69 Å². The highest BCUT2D eigenvalue weighted by molar-refractivity contribution is 9.18. The molecule has 0 amide bonds. The summed E-state index contributed by atoms with van der Waals surface area (Å²) in [5, 5.41) is 10.5. The van der Waals surface area contributed by atoms with Gasteiger partial charge in [0.15, 0.2) is 0 Å². The maximum atomic E-state index is 11.2. The number of benzene rings is 1. The Morgan fingerprint density at radius 1 is 1.53 bits per heavy atom. The van der Waals surface area contributed by atoms with E-state index in [0.717, 1.165) is 6.42 Å². The average Bonchev–Trinajstić information content (AvgIpc) is 2.17. The Kier molecular flexibility index (Phi) is 3.96. The number of nitro benzene ring substituents is 1. The van der Waals surface area contributed by atoms with Gasteiger partial charge in [-0.2, -0.15) is 0 Å². The van der Waals surface area contributed by atoms with Crippen LogP contribution in [0.1, 0.15) is 29.3 Å². The SMILES string of the molecule is CCCc1cc([N+](=O)[O-])ccc1C(=O)Br. The van der Waals surface area contributed by atoms with Crippen molar-refractivity contribution in [3.8, 4) is 0 Å². The fourth-order valence-corrected chi connectivity index (χ4v) is 1.75. The Balaban J connectivity index is 3.20. The smallest absolute Gasteiger partial charge is 0.269 e. The summed E-state index contributed by atoms with van der Waals surface area (Å²) >= 11 is 2.86. The molecule has 0 aliphatic rings. The van der Waals surface area contributed by atoms with Crippen LogP contribution in [0.25, 0.3) is 0 Å². The summed E-state index contributed by atoms with van der Waals surface area (Å²) in [4.78, 5) is 21.3. The molecule has 0 radical (unpaired) electrons. The molecule has 0 saturated heterocycles. The van der Waals surface area contributed by atoms with Crippen LogP contribution in [0.5, 0.6) is 0 Å². The van der Waals surface area contributed by atoms with Crippen molar-refractivity contribution in [2.45, 2.75) is 19.8 Å². The minimum atomic E-state index is -0.457. The standard InChI is InChI=1S/C10H10BrNO3/c1-2-3-7-6-8(12(14)15)4-5-9(7)10(11)13/h4-6H,2-3H2,1H3. The quantitative estimate of drug-likeness (QED) is 0.480. The number of non-ortho nitro benzene ring substituents is 1. The molecule has 0 unspecified atom stereocenters. The minimum Gasteiger partial charge on any atom is -0.281 e. The third-order valence-corrected chi connectivity index (χ3v) is 2.46. The second kappa shape index (κ2) is 5.02. The first-order valence-corrected chi connectivity index (χ1v) is 5.32. The van der Waals surface area contributed by atoms with Gasteiger partial charge in [-0.05, 0) is 34.0 Å². The van der Waals surface area contributed by atoms with Gasteiger partial charge in [0.1, 0.15) is 0 Å². The van der Waals surface area contributed by atoms with E-state index in [1.54, 1.807) is 0 Å². The first-order chi connectivity index (χ1) is 7.06. The van der Waals surface area contributed by atoms with Crippen LogP contribution < -0.4 is 0 Å². The number of nitro groups is 1. The van der Waals surface area contributed by atoms with E-state index in [-0.39, 0.29) is 10.4 Å². The van der Waals surface area contributed by atoms with Crippen LogP contribution in [-0.2, 0) is 6.42 Å². The minimum absolute atomic E-state index is 0.0240. The van der Waals surface area contributed by atoms with E-state index in [0.29, 0.717) is 17.5 Å². The fourth-order valence-electron chi connectivity index (χ4n) is 1.36. The molecular weight excluding hydrogens is 262 g/mol. The van der Waals surface area contributed by atoms with Crippen LogP contribution in [0.15, 0.2) is 18.2 Å². The normalized spacial score (nSPS) is 10.0. The van der Waals surface area contributed by atoms with Crippen molar-refractivity contribution in [3.63, 3.8) is 0 Å². The van der Waals surface area contributed by atoms with Crippen LogP contribution in [0.3, 0.4) is 0 Å². The van der Waals surface area contributed by atoms with Crippen LogP contribution in [0.4, 0.5) is 5.69 Å². The van der Waals surface area contributed by atoms with Crippen molar-refractivity contribution >= 4 is 26.3 Å². The molecule has 0 aliphatic heterocycles. The summed E-state index contributed by atoms with van der Waals surface area (Å²) < 4.78 is -0.235. The topological polar surface area (TPSA) is 60.2 Å². The maximum absolute atomic E-state index is 11.2. The highest BCUT2D eigenvalue weighted by Crippen LogP contribution is 2.21. The van der Waals surface area contributed by atoms with E-state index in [1.807, 2.05) is 6.92 Å². The van der Waals surface area contributed by atoms with Crippen LogP contribution >= 0.6 is 15.9 Å². The van der Waals surface area contributed by atoms with E-state index in [9.17, 15) is 14.9 Å². The average molecular weight is 272 g/mol. The van der Waals surface area contributed by atoms with Crippen molar-refractivity contribution < 1.29 is 9.72 Å². The van der Waals surface area contributed by atoms with Gasteiger partial charge in [0.05, 0.1) is 4.92 Å². The van der Waals surface area contributed by atoms with E-state index < -0.39 is 4.92 Å². The molecule has 1 rings (SSSR count). The Labute approximate surface area is 95.6 Å². The van der Waals surface area contributed by atoms with Gasteiger partial charge < -0.3 is 0 Å². The van der Waals surface area contributed by atoms with E-state index in [1.165, 1.54) is 18.2 Å². The summed E-state index contributed by atoms with van der Waals surface area (Å²) in [7, 11) is 0. The summed E-state index contributed by atoms with van der Waals surface area (Å²) in [6.45, 7) is 1.96. The van der Waals surface area contributed by atoms with Gasteiger partial charge >= 0.3 is 0 Å². The molecule has 1 aromatic carbocycles. The lowest BCUT2D eigenvalue weighted by atomic mass is 10.0. The second-order valence-corrected chi connectivity index (χ2v) is 3.84. The number of hydrogen-bond donors (Lipinski definition) is 0. The molecule has 0 aromatic heterocycles. The van der Waals surface area contributed by atoms with Crippen molar-refractivity contribution in [2.75, 3.05) is 0 Å². The van der Waals surface area contributed by atoms with Crippen LogP contribution in [-0.4, -0.2) is 9.62 Å².